The monoisotopic (exact) mass is 365 g/mol. The van der Waals surface area contributed by atoms with E-state index < -0.39 is 0 Å². The van der Waals surface area contributed by atoms with Crippen molar-refractivity contribution in [3.8, 4) is 17.1 Å². The number of halogens is 1. The third-order valence-corrected chi connectivity index (χ3v) is 4.06. The van der Waals surface area contributed by atoms with Gasteiger partial charge in [-0.15, -0.1) is 5.10 Å². The number of hydrogen-bond acceptors (Lipinski definition) is 5. The molecule has 7 nitrogen and oxygen atoms in total. The summed E-state index contributed by atoms with van der Waals surface area (Å²) in [6, 6.07) is 14.8. The third kappa shape index (κ3) is 3.37. The number of H-pyrrole nitrogens is 1. The van der Waals surface area contributed by atoms with E-state index in [-0.39, 0.29) is 11.4 Å². The molecule has 136 valence electrons. The zero-order chi connectivity index (χ0) is 18.8. The van der Waals surface area contributed by atoms with Gasteiger partial charge in [-0.2, -0.15) is 9.50 Å². The van der Waals surface area contributed by atoms with Crippen LogP contribution in [0.15, 0.2) is 59.4 Å². The molecule has 0 amide bonds. The van der Waals surface area contributed by atoms with E-state index in [1.165, 1.54) is 22.7 Å². The number of nitrogens with zero attached hydrogens (tertiary/aromatic N) is 3. The van der Waals surface area contributed by atoms with Gasteiger partial charge >= 0.3 is 0 Å². The molecule has 4 aromatic rings. The van der Waals surface area contributed by atoms with Crippen LogP contribution in [-0.2, 0) is 6.54 Å². The molecule has 2 N–H and O–H groups in total. The van der Waals surface area contributed by atoms with Crippen molar-refractivity contribution in [1.29, 1.82) is 0 Å². The summed E-state index contributed by atoms with van der Waals surface area (Å²) in [5.41, 5.74) is 1.79. The molecular formula is C19H16FN5O2. The van der Waals surface area contributed by atoms with Crippen LogP contribution in [0.3, 0.4) is 0 Å². The van der Waals surface area contributed by atoms with Crippen molar-refractivity contribution in [3.05, 3.63) is 76.5 Å². The van der Waals surface area contributed by atoms with Gasteiger partial charge in [-0.1, -0.05) is 12.1 Å². The standard InChI is InChI=1S/C19H16FN5O2/c1-27-16-5-3-2-4-15(16)21-11-14-10-17(26)25-19(22-14)23-18(24-25)12-6-8-13(20)9-7-12/h2-10,21H,11H2,1H3,(H,22,23,24). The van der Waals surface area contributed by atoms with Gasteiger partial charge in [-0.25, -0.2) is 4.39 Å². The summed E-state index contributed by atoms with van der Waals surface area (Å²) in [5.74, 6) is 1.03. The second kappa shape index (κ2) is 6.91. The SMILES string of the molecule is COc1ccccc1NCc1cc(=O)n2nc(-c3ccc(F)cc3)nc2[nH]1. The molecule has 0 bridgehead atoms. The number of ether oxygens (including phenoxy) is 1. The topological polar surface area (TPSA) is 84.3 Å². The summed E-state index contributed by atoms with van der Waals surface area (Å²) in [6.07, 6.45) is 0. The van der Waals surface area contributed by atoms with Crippen LogP contribution in [0.2, 0.25) is 0 Å². The first-order chi connectivity index (χ1) is 13.1. The minimum Gasteiger partial charge on any atom is -0.495 e. The Morgan fingerprint density at radius 3 is 2.74 bits per heavy atom. The van der Waals surface area contributed by atoms with E-state index >= 15 is 0 Å². The van der Waals surface area contributed by atoms with Crippen LogP contribution in [0.1, 0.15) is 5.69 Å². The largest absolute Gasteiger partial charge is 0.495 e. The maximum Gasteiger partial charge on any atom is 0.275 e. The molecule has 4 rings (SSSR count). The number of rotatable bonds is 5. The number of methoxy groups -OCH3 is 1. The molecule has 0 aliphatic carbocycles. The van der Waals surface area contributed by atoms with Gasteiger partial charge in [-0.3, -0.25) is 4.79 Å². The summed E-state index contributed by atoms with van der Waals surface area (Å²) in [7, 11) is 1.60. The van der Waals surface area contributed by atoms with Crippen LogP contribution < -0.4 is 15.6 Å². The molecule has 0 atom stereocenters. The molecule has 0 saturated carbocycles. The zero-order valence-corrected chi connectivity index (χ0v) is 14.4. The predicted octanol–water partition coefficient (Wildman–Crippen LogP) is 2.84. The van der Waals surface area contributed by atoms with Gasteiger partial charge in [0.25, 0.3) is 5.56 Å². The number of benzene rings is 2. The maximum absolute atomic E-state index is 13.1. The highest BCUT2D eigenvalue weighted by atomic mass is 19.1. The molecule has 0 aliphatic heterocycles. The molecule has 0 radical (unpaired) electrons. The van der Waals surface area contributed by atoms with E-state index in [2.05, 4.69) is 20.4 Å². The van der Waals surface area contributed by atoms with Crippen molar-refractivity contribution in [2.45, 2.75) is 6.54 Å². The van der Waals surface area contributed by atoms with E-state index in [0.29, 0.717) is 35.2 Å². The fraction of sp³-hybridized carbons (Fsp3) is 0.105. The van der Waals surface area contributed by atoms with Crippen LogP contribution in [0.5, 0.6) is 5.75 Å². The highest BCUT2D eigenvalue weighted by Gasteiger charge is 2.11. The number of aromatic amines is 1. The Labute approximate surface area is 153 Å². The lowest BCUT2D eigenvalue weighted by atomic mass is 10.2. The Morgan fingerprint density at radius 2 is 1.96 bits per heavy atom. The van der Waals surface area contributed by atoms with Crippen molar-refractivity contribution >= 4 is 11.5 Å². The van der Waals surface area contributed by atoms with Crippen molar-refractivity contribution in [3.63, 3.8) is 0 Å². The molecule has 2 aromatic carbocycles. The lowest BCUT2D eigenvalue weighted by molar-refractivity contribution is 0.416. The smallest absolute Gasteiger partial charge is 0.275 e. The van der Waals surface area contributed by atoms with Crippen molar-refractivity contribution in [1.82, 2.24) is 19.6 Å². The van der Waals surface area contributed by atoms with E-state index in [0.717, 1.165) is 5.69 Å². The highest BCUT2D eigenvalue weighted by molar-refractivity contribution is 5.57. The maximum atomic E-state index is 13.1. The van der Waals surface area contributed by atoms with Gasteiger partial charge in [-0.05, 0) is 36.4 Å². The van der Waals surface area contributed by atoms with Gasteiger partial charge in [0.15, 0.2) is 5.82 Å². The van der Waals surface area contributed by atoms with Gasteiger partial charge in [0.1, 0.15) is 11.6 Å². The fourth-order valence-corrected chi connectivity index (χ4v) is 2.73. The summed E-state index contributed by atoms with van der Waals surface area (Å²) in [4.78, 5) is 19.8. The quantitative estimate of drug-likeness (QED) is 0.568. The van der Waals surface area contributed by atoms with E-state index in [9.17, 15) is 9.18 Å². The van der Waals surface area contributed by atoms with Gasteiger partial charge in [0.05, 0.1) is 19.3 Å². The average Bonchev–Trinajstić information content (AvgIpc) is 3.12. The first-order valence-electron chi connectivity index (χ1n) is 8.26. The Hall–Kier alpha value is -3.68. The lowest BCUT2D eigenvalue weighted by Gasteiger charge is -2.10. The minimum atomic E-state index is -0.344. The molecule has 0 saturated heterocycles. The van der Waals surface area contributed by atoms with Crippen LogP contribution in [0, 0.1) is 5.82 Å². The predicted molar refractivity (Wildman–Crippen MR) is 99.3 cm³/mol. The second-order valence-electron chi connectivity index (χ2n) is 5.86. The summed E-state index contributed by atoms with van der Waals surface area (Å²) in [5, 5.41) is 7.42. The Morgan fingerprint density at radius 1 is 1.19 bits per heavy atom. The number of aromatic nitrogens is 4. The van der Waals surface area contributed by atoms with Gasteiger partial charge in [0.2, 0.25) is 5.78 Å². The minimum absolute atomic E-state index is 0.304. The summed E-state index contributed by atoms with van der Waals surface area (Å²) >= 11 is 0. The number of nitrogens with one attached hydrogen (secondary N) is 2. The summed E-state index contributed by atoms with van der Waals surface area (Å²) in [6.45, 7) is 0.380. The lowest BCUT2D eigenvalue weighted by Crippen LogP contribution is -2.17. The number of hydrogen-bond donors (Lipinski definition) is 2. The first-order valence-corrected chi connectivity index (χ1v) is 8.26. The van der Waals surface area contributed by atoms with Crippen molar-refractivity contribution < 1.29 is 9.13 Å². The molecular weight excluding hydrogens is 349 g/mol. The molecule has 0 fully saturated rings. The van der Waals surface area contributed by atoms with Gasteiger partial charge < -0.3 is 15.0 Å². The van der Waals surface area contributed by atoms with Crippen LogP contribution in [0.25, 0.3) is 17.2 Å². The fourth-order valence-electron chi connectivity index (χ4n) is 2.73. The van der Waals surface area contributed by atoms with Gasteiger partial charge in [0, 0.05) is 17.3 Å². The third-order valence-electron chi connectivity index (χ3n) is 4.06. The highest BCUT2D eigenvalue weighted by Crippen LogP contribution is 2.23. The Bertz CT molecular complexity index is 1150. The molecule has 0 unspecified atom stereocenters. The second-order valence-corrected chi connectivity index (χ2v) is 5.86. The van der Waals surface area contributed by atoms with Crippen molar-refractivity contribution in [2.75, 3.05) is 12.4 Å². The normalized spacial score (nSPS) is 10.9. The number of para-hydroxylation sites is 2. The van der Waals surface area contributed by atoms with Crippen LogP contribution in [0.4, 0.5) is 10.1 Å². The Kier molecular flexibility index (Phi) is 4.29. The summed E-state index contributed by atoms with van der Waals surface area (Å²) < 4.78 is 19.6. The van der Waals surface area contributed by atoms with Crippen molar-refractivity contribution in [2.24, 2.45) is 0 Å². The number of anilines is 1. The molecule has 27 heavy (non-hydrogen) atoms. The molecule has 2 aromatic heterocycles. The zero-order valence-electron chi connectivity index (χ0n) is 14.4. The van der Waals surface area contributed by atoms with E-state index in [1.807, 2.05) is 24.3 Å². The number of fused-ring (bicyclic) bond motifs is 1. The molecule has 0 spiro atoms. The first kappa shape index (κ1) is 16.8. The molecule has 0 aliphatic rings. The van der Waals surface area contributed by atoms with E-state index in [1.54, 1.807) is 19.2 Å². The Balaban J connectivity index is 1.63. The average molecular weight is 365 g/mol. The molecule has 8 heteroatoms. The van der Waals surface area contributed by atoms with Crippen LogP contribution >= 0.6 is 0 Å². The van der Waals surface area contributed by atoms with Crippen LogP contribution in [-0.4, -0.2) is 26.7 Å². The molecule has 2 heterocycles. The van der Waals surface area contributed by atoms with E-state index in [4.69, 9.17) is 4.74 Å².